The minimum absolute atomic E-state index is 0.179. The van der Waals surface area contributed by atoms with Gasteiger partial charge in [-0.2, -0.15) is 0 Å². The first-order chi connectivity index (χ1) is 6.16. The zero-order valence-corrected chi connectivity index (χ0v) is 6.99. The molecule has 13 heavy (non-hydrogen) atoms. The first-order valence-electron chi connectivity index (χ1n) is 3.90. The SMILES string of the molecule is C=CCCc1ccc(F)c(F)c1F. The topological polar surface area (TPSA) is 0 Å². The van der Waals surface area contributed by atoms with E-state index >= 15 is 0 Å². The lowest BCUT2D eigenvalue weighted by atomic mass is 10.1. The molecule has 0 heterocycles. The number of benzene rings is 1. The normalized spacial score (nSPS) is 10.1. The Balaban J connectivity index is 2.96. The third-order valence-electron chi connectivity index (χ3n) is 1.73. The maximum Gasteiger partial charge on any atom is 0.194 e. The largest absolute Gasteiger partial charge is 0.204 e. The maximum absolute atomic E-state index is 12.9. The molecule has 0 radical (unpaired) electrons. The van der Waals surface area contributed by atoms with Crippen LogP contribution in [0.25, 0.3) is 0 Å². The van der Waals surface area contributed by atoms with Crippen molar-refractivity contribution in [2.75, 3.05) is 0 Å². The predicted molar refractivity (Wildman–Crippen MR) is 44.8 cm³/mol. The molecule has 0 aliphatic heterocycles. The summed E-state index contributed by atoms with van der Waals surface area (Å²) < 4.78 is 38.0. The van der Waals surface area contributed by atoms with Crippen molar-refractivity contribution in [2.45, 2.75) is 12.8 Å². The fourth-order valence-electron chi connectivity index (χ4n) is 1.02. The molecule has 0 amide bonds. The summed E-state index contributed by atoms with van der Waals surface area (Å²) in [6, 6.07) is 2.17. The summed E-state index contributed by atoms with van der Waals surface area (Å²) in [6.07, 6.45) is 2.48. The van der Waals surface area contributed by atoms with Crippen LogP contribution in [0.4, 0.5) is 13.2 Å². The molecule has 0 N–H and O–H groups in total. The molecule has 1 aromatic rings. The molecule has 0 saturated carbocycles. The monoisotopic (exact) mass is 186 g/mol. The third kappa shape index (κ3) is 2.11. The Hall–Kier alpha value is -1.25. The van der Waals surface area contributed by atoms with Crippen molar-refractivity contribution >= 4 is 0 Å². The Morgan fingerprint density at radius 1 is 1.15 bits per heavy atom. The first-order valence-corrected chi connectivity index (χ1v) is 3.90. The van der Waals surface area contributed by atoms with Gasteiger partial charge in [0.2, 0.25) is 0 Å². The van der Waals surface area contributed by atoms with Crippen LogP contribution in [0.15, 0.2) is 24.8 Å². The van der Waals surface area contributed by atoms with Crippen molar-refractivity contribution in [3.8, 4) is 0 Å². The molecular weight excluding hydrogens is 177 g/mol. The lowest BCUT2D eigenvalue weighted by molar-refractivity contribution is 0.441. The highest BCUT2D eigenvalue weighted by Crippen LogP contribution is 2.16. The van der Waals surface area contributed by atoms with Gasteiger partial charge in [-0.25, -0.2) is 13.2 Å². The van der Waals surface area contributed by atoms with Gasteiger partial charge in [0.05, 0.1) is 0 Å². The quantitative estimate of drug-likeness (QED) is 0.502. The van der Waals surface area contributed by atoms with Crippen LogP contribution in [0.2, 0.25) is 0 Å². The number of allylic oxidation sites excluding steroid dienone is 1. The van der Waals surface area contributed by atoms with E-state index in [0.29, 0.717) is 12.8 Å². The second kappa shape index (κ2) is 4.12. The summed E-state index contributed by atoms with van der Waals surface area (Å²) in [7, 11) is 0. The Labute approximate surface area is 74.7 Å². The van der Waals surface area contributed by atoms with Gasteiger partial charge >= 0.3 is 0 Å². The van der Waals surface area contributed by atoms with Crippen LogP contribution in [0.1, 0.15) is 12.0 Å². The molecule has 0 unspecified atom stereocenters. The van der Waals surface area contributed by atoms with Gasteiger partial charge in [0, 0.05) is 0 Å². The van der Waals surface area contributed by atoms with Crippen LogP contribution in [0, 0.1) is 17.5 Å². The lowest BCUT2D eigenvalue weighted by Gasteiger charge is -2.02. The number of rotatable bonds is 3. The highest BCUT2D eigenvalue weighted by atomic mass is 19.2. The van der Waals surface area contributed by atoms with E-state index in [1.807, 2.05) is 0 Å². The summed E-state index contributed by atoms with van der Waals surface area (Å²) in [5.41, 5.74) is 0.179. The summed E-state index contributed by atoms with van der Waals surface area (Å²) in [5, 5.41) is 0. The van der Waals surface area contributed by atoms with Crippen LogP contribution in [-0.2, 0) is 6.42 Å². The molecule has 0 fully saturated rings. The van der Waals surface area contributed by atoms with E-state index < -0.39 is 17.5 Å². The zero-order valence-electron chi connectivity index (χ0n) is 6.99. The summed E-state index contributed by atoms with van der Waals surface area (Å²) >= 11 is 0. The number of halogens is 3. The number of hydrogen-bond acceptors (Lipinski definition) is 0. The smallest absolute Gasteiger partial charge is 0.194 e. The van der Waals surface area contributed by atoms with Crippen molar-refractivity contribution in [1.29, 1.82) is 0 Å². The van der Waals surface area contributed by atoms with Crippen molar-refractivity contribution in [2.24, 2.45) is 0 Å². The van der Waals surface area contributed by atoms with Crippen LogP contribution in [0.3, 0.4) is 0 Å². The predicted octanol–water partition coefficient (Wildman–Crippen LogP) is 3.22. The molecular formula is C10H9F3. The van der Waals surface area contributed by atoms with E-state index in [1.54, 1.807) is 6.08 Å². The second-order valence-corrected chi connectivity index (χ2v) is 2.66. The van der Waals surface area contributed by atoms with Gasteiger partial charge in [0.1, 0.15) is 0 Å². The zero-order chi connectivity index (χ0) is 9.84. The van der Waals surface area contributed by atoms with E-state index in [0.717, 1.165) is 6.07 Å². The number of hydrogen-bond donors (Lipinski definition) is 0. The minimum Gasteiger partial charge on any atom is -0.204 e. The van der Waals surface area contributed by atoms with Crippen LogP contribution in [0.5, 0.6) is 0 Å². The molecule has 0 aliphatic rings. The highest BCUT2D eigenvalue weighted by Gasteiger charge is 2.11. The molecule has 0 aromatic heterocycles. The third-order valence-corrected chi connectivity index (χ3v) is 1.73. The highest BCUT2D eigenvalue weighted by molar-refractivity contribution is 5.20. The summed E-state index contributed by atoms with van der Waals surface area (Å²) in [4.78, 5) is 0. The standard InChI is InChI=1S/C10H9F3/c1-2-3-4-7-5-6-8(11)10(13)9(7)12/h2,5-6H,1,3-4H2. The summed E-state index contributed by atoms with van der Waals surface area (Å²) in [6.45, 7) is 3.46. The van der Waals surface area contributed by atoms with Gasteiger partial charge < -0.3 is 0 Å². The summed E-state index contributed by atoms with van der Waals surface area (Å²) in [5.74, 6) is -3.65. The molecule has 0 aliphatic carbocycles. The van der Waals surface area contributed by atoms with Crippen molar-refractivity contribution < 1.29 is 13.2 Å². The fraction of sp³-hybridized carbons (Fsp3) is 0.200. The van der Waals surface area contributed by atoms with Gasteiger partial charge in [-0.3, -0.25) is 0 Å². The van der Waals surface area contributed by atoms with Gasteiger partial charge in [-0.1, -0.05) is 12.1 Å². The second-order valence-electron chi connectivity index (χ2n) is 2.66. The molecule has 0 bridgehead atoms. The van der Waals surface area contributed by atoms with Crippen LogP contribution < -0.4 is 0 Å². The van der Waals surface area contributed by atoms with E-state index in [-0.39, 0.29) is 5.56 Å². The fourth-order valence-corrected chi connectivity index (χ4v) is 1.02. The van der Waals surface area contributed by atoms with E-state index in [9.17, 15) is 13.2 Å². The number of aryl methyl sites for hydroxylation is 1. The molecule has 3 heteroatoms. The molecule has 0 saturated heterocycles. The van der Waals surface area contributed by atoms with Gasteiger partial charge in [-0.05, 0) is 24.5 Å². The van der Waals surface area contributed by atoms with E-state index in [1.165, 1.54) is 6.07 Å². The minimum atomic E-state index is -1.40. The van der Waals surface area contributed by atoms with E-state index in [2.05, 4.69) is 6.58 Å². The van der Waals surface area contributed by atoms with Gasteiger partial charge in [0.15, 0.2) is 17.5 Å². The molecule has 0 atom stereocenters. The van der Waals surface area contributed by atoms with Crippen LogP contribution >= 0.6 is 0 Å². The molecule has 1 rings (SSSR count). The van der Waals surface area contributed by atoms with Crippen molar-refractivity contribution in [1.82, 2.24) is 0 Å². The van der Waals surface area contributed by atoms with Crippen LogP contribution in [-0.4, -0.2) is 0 Å². The lowest BCUT2D eigenvalue weighted by Crippen LogP contribution is -1.97. The van der Waals surface area contributed by atoms with E-state index in [4.69, 9.17) is 0 Å². The Morgan fingerprint density at radius 3 is 2.46 bits per heavy atom. The van der Waals surface area contributed by atoms with Crippen molar-refractivity contribution in [3.05, 3.63) is 47.8 Å². The first kappa shape index (κ1) is 9.84. The molecule has 1 aromatic carbocycles. The maximum atomic E-state index is 12.9. The van der Waals surface area contributed by atoms with Gasteiger partial charge in [0.25, 0.3) is 0 Å². The average molecular weight is 186 g/mol. The Bertz CT molecular complexity index is 318. The van der Waals surface area contributed by atoms with Crippen molar-refractivity contribution in [3.63, 3.8) is 0 Å². The Morgan fingerprint density at radius 2 is 1.85 bits per heavy atom. The molecule has 70 valence electrons. The Kier molecular flexibility index (Phi) is 3.12. The molecule has 0 nitrogen and oxygen atoms in total. The van der Waals surface area contributed by atoms with Gasteiger partial charge in [-0.15, -0.1) is 6.58 Å². The average Bonchev–Trinajstić information content (AvgIpc) is 2.13. The molecule has 0 spiro atoms.